The van der Waals surface area contributed by atoms with Crippen molar-refractivity contribution >= 4 is 17.7 Å². The number of hydrogen-bond donors (Lipinski definition) is 2. The average molecular weight is 268 g/mol. The zero-order valence-electron chi connectivity index (χ0n) is 9.95. The lowest BCUT2D eigenvalue weighted by Crippen LogP contribution is -2.38. The smallest absolute Gasteiger partial charge is 0.306 e. The first-order valence-corrected chi connectivity index (χ1v) is 6.92. The molecule has 1 aromatic rings. The lowest BCUT2D eigenvalue weighted by atomic mass is 9.80. The summed E-state index contributed by atoms with van der Waals surface area (Å²) in [5.41, 5.74) is -0.762. The Balaban J connectivity index is 1.85. The van der Waals surface area contributed by atoms with Crippen LogP contribution in [0.5, 0.6) is 0 Å². The Bertz CT molecular complexity index is 405. The van der Waals surface area contributed by atoms with Gasteiger partial charge in [-0.3, -0.25) is 4.79 Å². The average Bonchev–Trinajstić information content (AvgIpc) is 2.38. The summed E-state index contributed by atoms with van der Waals surface area (Å²) in [4.78, 5) is 18.8. The van der Waals surface area contributed by atoms with Crippen molar-refractivity contribution in [1.29, 1.82) is 0 Å². The van der Waals surface area contributed by atoms with E-state index in [0.29, 0.717) is 31.4 Å². The van der Waals surface area contributed by atoms with Crippen molar-refractivity contribution in [2.45, 2.75) is 36.3 Å². The minimum absolute atomic E-state index is 0.297. The molecule has 0 radical (unpaired) electrons. The van der Waals surface area contributed by atoms with Gasteiger partial charge in [-0.05, 0) is 31.7 Å². The molecule has 0 saturated heterocycles. The van der Waals surface area contributed by atoms with Crippen LogP contribution in [0.2, 0.25) is 0 Å². The number of rotatable bonds is 4. The summed E-state index contributed by atoms with van der Waals surface area (Å²) in [5.74, 6) is -0.495. The Labute approximate surface area is 110 Å². The molecule has 0 unspecified atom stereocenters. The number of thioether (sulfide) groups is 1. The van der Waals surface area contributed by atoms with E-state index in [1.54, 1.807) is 12.3 Å². The first-order valence-electron chi connectivity index (χ1n) is 5.93. The Kier molecular flexibility index (Phi) is 4.19. The largest absolute Gasteiger partial charge is 0.481 e. The van der Waals surface area contributed by atoms with Gasteiger partial charge in [0, 0.05) is 11.9 Å². The van der Waals surface area contributed by atoms with E-state index < -0.39 is 11.6 Å². The summed E-state index contributed by atoms with van der Waals surface area (Å²) in [5, 5.41) is 20.1. The maximum absolute atomic E-state index is 10.8. The molecule has 1 aliphatic carbocycles. The van der Waals surface area contributed by atoms with Crippen LogP contribution in [0, 0.1) is 5.92 Å². The van der Waals surface area contributed by atoms with E-state index in [-0.39, 0.29) is 5.92 Å². The third-order valence-electron chi connectivity index (χ3n) is 3.31. The molecule has 98 valence electrons. The fourth-order valence-electron chi connectivity index (χ4n) is 2.12. The SMILES string of the molecule is O=C(O)C1CCC(O)(CSc2ccncn2)CC1. The van der Waals surface area contributed by atoms with E-state index in [9.17, 15) is 9.90 Å². The molecule has 5 nitrogen and oxygen atoms in total. The number of nitrogens with zero attached hydrogens (tertiary/aromatic N) is 2. The highest BCUT2D eigenvalue weighted by molar-refractivity contribution is 7.99. The molecular formula is C12H16N2O3S. The molecule has 1 aliphatic rings. The molecule has 18 heavy (non-hydrogen) atoms. The maximum atomic E-state index is 10.8. The lowest BCUT2D eigenvalue weighted by molar-refractivity contribution is -0.144. The Morgan fingerprint density at radius 2 is 2.22 bits per heavy atom. The third-order valence-corrected chi connectivity index (χ3v) is 4.53. The standard InChI is InChI=1S/C12H16N2O3S/c15-11(16)9-1-4-12(17,5-2-9)7-18-10-3-6-13-8-14-10/h3,6,8-9,17H,1-2,4-5,7H2,(H,15,16). The van der Waals surface area contributed by atoms with Crippen LogP contribution in [0.15, 0.2) is 23.6 Å². The van der Waals surface area contributed by atoms with Gasteiger partial charge >= 0.3 is 5.97 Å². The van der Waals surface area contributed by atoms with Crippen molar-refractivity contribution in [1.82, 2.24) is 9.97 Å². The maximum Gasteiger partial charge on any atom is 0.306 e. The molecule has 2 N–H and O–H groups in total. The van der Waals surface area contributed by atoms with Gasteiger partial charge in [0.25, 0.3) is 0 Å². The second-order valence-corrected chi connectivity index (χ2v) is 5.67. The van der Waals surface area contributed by atoms with Gasteiger partial charge in [0.15, 0.2) is 0 Å². The van der Waals surface area contributed by atoms with Crippen LogP contribution in [-0.2, 0) is 4.79 Å². The Morgan fingerprint density at radius 3 is 2.78 bits per heavy atom. The van der Waals surface area contributed by atoms with E-state index in [1.807, 2.05) is 0 Å². The molecule has 6 heteroatoms. The highest BCUT2D eigenvalue weighted by Crippen LogP contribution is 2.35. The minimum atomic E-state index is -0.762. The summed E-state index contributed by atoms with van der Waals surface area (Å²) >= 11 is 1.49. The molecule has 0 aromatic carbocycles. The van der Waals surface area contributed by atoms with E-state index in [1.165, 1.54) is 18.1 Å². The number of carboxylic acids is 1. The van der Waals surface area contributed by atoms with Crippen molar-refractivity contribution < 1.29 is 15.0 Å². The Hall–Kier alpha value is -1.14. The van der Waals surface area contributed by atoms with Crippen LogP contribution >= 0.6 is 11.8 Å². The van der Waals surface area contributed by atoms with Gasteiger partial charge < -0.3 is 10.2 Å². The van der Waals surface area contributed by atoms with Crippen LogP contribution < -0.4 is 0 Å². The monoisotopic (exact) mass is 268 g/mol. The highest BCUT2D eigenvalue weighted by Gasteiger charge is 2.35. The summed E-state index contributed by atoms with van der Waals surface area (Å²) in [7, 11) is 0. The van der Waals surface area contributed by atoms with Gasteiger partial charge in [0.05, 0.1) is 16.5 Å². The van der Waals surface area contributed by atoms with Crippen LogP contribution in [-0.4, -0.2) is 37.5 Å². The predicted molar refractivity (Wildman–Crippen MR) is 67.3 cm³/mol. The number of carbonyl (C=O) groups is 1. The number of carboxylic acid groups (broad SMARTS) is 1. The number of aliphatic carboxylic acids is 1. The zero-order chi connectivity index (χ0) is 13.0. The van der Waals surface area contributed by atoms with Gasteiger partial charge in [-0.25, -0.2) is 9.97 Å². The van der Waals surface area contributed by atoms with E-state index in [0.717, 1.165) is 5.03 Å². The van der Waals surface area contributed by atoms with Gasteiger partial charge in [-0.1, -0.05) is 0 Å². The van der Waals surface area contributed by atoms with Crippen molar-refractivity contribution in [2.75, 3.05) is 5.75 Å². The molecule has 1 fully saturated rings. The van der Waals surface area contributed by atoms with E-state index in [2.05, 4.69) is 9.97 Å². The molecule has 1 heterocycles. The van der Waals surface area contributed by atoms with Gasteiger partial charge in [-0.2, -0.15) is 0 Å². The zero-order valence-corrected chi connectivity index (χ0v) is 10.8. The van der Waals surface area contributed by atoms with Gasteiger partial charge in [0.2, 0.25) is 0 Å². The van der Waals surface area contributed by atoms with Gasteiger partial charge in [0.1, 0.15) is 6.33 Å². The summed E-state index contributed by atoms with van der Waals surface area (Å²) in [6.07, 6.45) is 5.34. The quantitative estimate of drug-likeness (QED) is 0.637. The topological polar surface area (TPSA) is 83.3 Å². The van der Waals surface area contributed by atoms with Crippen LogP contribution in [0.1, 0.15) is 25.7 Å². The fraction of sp³-hybridized carbons (Fsp3) is 0.583. The van der Waals surface area contributed by atoms with Crippen LogP contribution in [0.25, 0.3) is 0 Å². The second kappa shape index (κ2) is 5.67. The van der Waals surface area contributed by atoms with E-state index >= 15 is 0 Å². The molecule has 0 atom stereocenters. The summed E-state index contributed by atoms with van der Waals surface area (Å²) in [6.45, 7) is 0. The Morgan fingerprint density at radius 1 is 1.50 bits per heavy atom. The van der Waals surface area contributed by atoms with Crippen LogP contribution in [0.4, 0.5) is 0 Å². The number of hydrogen-bond acceptors (Lipinski definition) is 5. The summed E-state index contributed by atoms with van der Waals surface area (Å²) < 4.78 is 0. The number of aromatic nitrogens is 2. The molecule has 1 aromatic heterocycles. The molecule has 0 bridgehead atoms. The highest BCUT2D eigenvalue weighted by atomic mass is 32.2. The first kappa shape index (κ1) is 13.3. The molecule has 2 rings (SSSR count). The third kappa shape index (κ3) is 3.43. The lowest BCUT2D eigenvalue weighted by Gasteiger charge is -2.34. The molecule has 0 aliphatic heterocycles. The minimum Gasteiger partial charge on any atom is -0.481 e. The normalized spacial score (nSPS) is 27.9. The molecule has 1 saturated carbocycles. The molecular weight excluding hydrogens is 252 g/mol. The number of aliphatic hydroxyl groups is 1. The van der Waals surface area contributed by atoms with Crippen molar-refractivity contribution in [3.8, 4) is 0 Å². The van der Waals surface area contributed by atoms with E-state index in [4.69, 9.17) is 5.11 Å². The van der Waals surface area contributed by atoms with Crippen molar-refractivity contribution in [3.63, 3.8) is 0 Å². The fourth-order valence-corrected chi connectivity index (χ4v) is 3.10. The molecule has 0 amide bonds. The van der Waals surface area contributed by atoms with Gasteiger partial charge in [-0.15, -0.1) is 11.8 Å². The molecule has 0 spiro atoms. The first-order chi connectivity index (χ1) is 8.59. The predicted octanol–water partition coefficient (Wildman–Crippen LogP) is 1.57. The van der Waals surface area contributed by atoms with Crippen molar-refractivity contribution in [3.05, 3.63) is 18.6 Å². The van der Waals surface area contributed by atoms with Crippen molar-refractivity contribution in [2.24, 2.45) is 5.92 Å². The van der Waals surface area contributed by atoms with Crippen LogP contribution in [0.3, 0.4) is 0 Å². The second-order valence-electron chi connectivity index (χ2n) is 4.67. The summed E-state index contributed by atoms with van der Waals surface area (Å²) in [6, 6.07) is 1.80.